The highest BCUT2D eigenvalue weighted by atomic mass is 16.6. The maximum atomic E-state index is 13.4. The lowest BCUT2D eigenvalue weighted by Gasteiger charge is -2.30. The molecule has 0 N–H and O–H groups in total. The number of benzene rings is 1. The molecular formula is C28H36N2O7. The highest BCUT2D eigenvalue weighted by Crippen LogP contribution is 2.42. The normalized spacial score (nSPS) is 14.1. The minimum absolute atomic E-state index is 0.0655. The van der Waals surface area contributed by atoms with Crippen LogP contribution in [0.1, 0.15) is 89.2 Å². The molecule has 1 aromatic heterocycles. The van der Waals surface area contributed by atoms with Crippen LogP contribution < -0.4 is 9.64 Å². The van der Waals surface area contributed by atoms with Gasteiger partial charge in [-0.1, -0.05) is 31.0 Å². The third kappa shape index (κ3) is 7.44. The zero-order valence-corrected chi connectivity index (χ0v) is 22.6. The van der Waals surface area contributed by atoms with Gasteiger partial charge in [0.15, 0.2) is 5.69 Å². The summed E-state index contributed by atoms with van der Waals surface area (Å²) in [5.74, 6) is -0.0247. The topological polar surface area (TPSA) is 104 Å². The summed E-state index contributed by atoms with van der Waals surface area (Å²) in [5, 5.41) is 0. The van der Waals surface area contributed by atoms with Crippen LogP contribution in [0.25, 0.3) is 0 Å². The summed E-state index contributed by atoms with van der Waals surface area (Å²) in [5.41, 5.74) is -1.51. The van der Waals surface area contributed by atoms with Crippen molar-refractivity contribution < 1.29 is 33.3 Å². The van der Waals surface area contributed by atoms with Gasteiger partial charge in [-0.25, -0.2) is 19.4 Å². The van der Waals surface area contributed by atoms with Gasteiger partial charge in [0, 0.05) is 5.56 Å². The zero-order valence-electron chi connectivity index (χ0n) is 22.6. The number of nitrogens with zero attached hydrogens (tertiary/aromatic N) is 2. The largest absolute Gasteiger partial charge is 0.464 e. The Kier molecular flexibility index (Phi) is 8.46. The van der Waals surface area contributed by atoms with Crippen molar-refractivity contribution in [2.24, 2.45) is 0 Å². The van der Waals surface area contributed by atoms with E-state index in [9.17, 15) is 14.4 Å². The van der Waals surface area contributed by atoms with E-state index >= 15 is 0 Å². The molecule has 9 heteroatoms. The molecule has 9 nitrogen and oxygen atoms in total. The number of amides is 2. The first-order chi connectivity index (χ1) is 17.3. The van der Waals surface area contributed by atoms with Crippen LogP contribution in [0, 0.1) is 0 Å². The number of rotatable bonds is 5. The fraction of sp³-hybridized carbons (Fsp3) is 0.500. The van der Waals surface area contributed by atoms with Crippen molar-refractivity contribution in [3.05, 3.63) is 47.7 Å². The molecule has 1 heterocycles. The number of methoxy groups -OCH3 is 1. The molecule has 2 aromatic rings. The van der Waals surface area contributed by atoms with Gasteiger partial charge in [0.2, 0.25) is 5.88 Å². The van der Waals surface area contributed by atoms with Gasteiger partial charge >= 0.3 is 18.2 Å². The predicted octanol–water partition coefficient (Wildman–Crippen LogP) is 6.99. The molecule has 0 unspecified atom stereocenters. The Morgan fingerprint density at radius 2 is 1.43 bits per heavy atom. The van der Waals surface area contributed by atoms with E-state index in [-0.39, 0.29) is 23.2 Å². The van der Waals surface area contributed by atoms with Gasteiger partial charge in [0.25, 0.3) is 0 Å². The number of aromatic nitrogens is 1. The van der Waals surface area contributed by atoms with Crippen LogP contribution in [0.2, 0.25) is 0 Å². The van der Waals surface area contributed by atoms with Crippen LogP contribution in [-0.4, -0.2) is 41.5 Å². The number of hydrogen-bond acceptors (Lipinski definition) is 8. The lowest BCUT2D eigenvalue weighted by atomic mass is 9.97. The first-order valence-electron chi connectivity index (χ1n) is 12.4. The van der Waals surface area contributed by atoms with Crippen molar-refractivity contribution in [1.29, 1.82) is 0 Å². The van der Waals surface area contributed by atoms with Crippen LogP contribution in [0.4, 0.5) is 15.3 Å². The Bertz CT molecular complexity index is 1100. The first kappa shape index (κ1) is 28.0. The lowest BCUT2D eigenvalue weighted by Crippen LogP contribution is -2.44. The fourth-order valence-corrected chi connectivity index (χ4v) is 4.02. The molecule has 1 fully saturated rings. The summed E-state index contributed by atoms with van der Waals surface area (Å²) in [6, 6.07) is 10.7. The van der Waals surface area contributed by atoms with Crippen molar-refractivity contribution in [2.45, 2.75) is 84.3 Å². The molecule has 0 bridgehead atoms. The summed E-state index contributed by atoms with van der Waals surface area (Å²) >= 11 is 0. The third-order valence-electron chi connectivity index (χ3n) is 5.52. The Labute approximate surface area is 218 Å². The van der Waals surface area contributed by atoms with E-state index < -0.39 is 29.4 Å². The Balaban J connectivity index is 2.23. The summed E-state index contributed by atoms with van der Waals surface area (Å²) in [4.78, 5) is 44.8. The average molecular weight is 513 g/mol. The van der Waals surface area contributed by atoms with Crippen LogP contribution in [0.3, 0.4) is 0 Å². The van der Waals surface area contributed by atoms with E-state index in [1.54, 1.807) is 59.7 Å². The standard InChI is InChI=1S/C28H36N2O7/c1-27(2,3)36-25(32)30(26(33)37-28(4,5)6)21-17-20(18-13-11-12-14-18)23(29-22(21)24(31)34-7)35-19-15-9-8-10-16-19/h8-10,15-18H,11-14H2,1-7H3. The third-order valence-corrected chi connectivity index (χ3v) is 5.52. The van der Waals surface area contributed by atoms with Gasteiger partial charge < -0.3 is 18.9 Å². The van der Waals surface area contributed by atoms with Crippen molar-refractivity contribution in [2.75, 3.05) is 12.0 Å². The number of esters is 1. The smallest absolute Gasteiger partial charge is 0.424 e. The molecule has 1 aliphatic rings. The maximum Gasteiger partial charge on any atom is 0.424 e. The van der Waals surface area contributed by atoms with Gasteiger partial charge in [0.1, 0.15) is 17.0 Å². The summed E-state index contributed by atoms with van der Waals surface area (Å²) in [6.07, 6.45) is 1.80. The average Bonchev–Trinajstić information content (AvgIpc) is 3.32. The van der Waals surface area contributed by atoms with Crippen molar-refractivity contribution in [3.8, 4) is 11.6 Å². The molecule has 0 atom stereocenters. The summed E-state index contributed by atoms with van der Waals surface area (Å²) < 4.78 is 22.1. The summed E-state index contributed by atoms with van der Waals surface area (Å²) in [6.45, 7) is 10.1. The second-order valence-electron chi connectivity index (χ2n) is 10.9. The predicted molar refractivity (Wildman–Crippen MR) is 138 cm³/mol. The Morgan fingerprint density at radius 1 is 0.892 bits per heavy atom. The van der Waals surface area contributed by atoms with Crippen molar-refractivity contribution in [3.63, 3.8) is 0 Å². The van der Waals surface area contributed by atoms with E-state index in [1.807, 2.05) is 18.2 Å². The minimum atomic E-state index is -0.997. The van der Waals surface area contributed by atoms with Crippen molar-refractivity contribution in [1.82, 2.24) is 4.98 Å². The maximum absolute atomic E-state index is 13.4. The monoisotopic (exact) mass is 512 g/mol. The lowest BCUT2D eigenvalue weighted by molar-refractivity contribution is 0.0430. The second-order valence-corrected chi connectivity index (χ2v) is 10.9. The van der Waals surface area contributed by atoms with E-state index in [0.29, 0.717) is 16.2 Å². The van der Waals surface area contributed by atoms with E-state index in [4.69, 9.17) is 18.9 Å². The number of carbonyl (C=O) groups excluding carboxylic acids is 3. The molecule has 0 radical (unpaired) electrons. The molecule has 0 aliphatic heterocycles. The molecule has 1 saturated carbocycles. The number of imide groups is 1. The van der Waals surface area contributed by atoms with Gasteiger partial charge in [-0.15, -0.1) is 0 Å². The number of carbonyl (C=O) groups is 3. The van der Waals surface area contributed by atoms with Crippen LogP contribution in [0.5, 0.6) is 11.6 Å². The molecule has 1 aromatic carbocycles. The SMILES string of the molecule is COC(=O)c1nc(Oc2ccccc2)c(C2CCCC2)cc1N(C(=O)OC(C)(C)C)C(=O)OC(C)(C)C. The van der Waals surface area contributed by atoms with Gasteiger partial charge in [0.05, 0.1) is 12.8 Å². The molecule has 37 heavy (non-hydrogen) atoms. The van der Waals surface area contributed by atoms with Gasteiger partial charge in [-0.3, -0.25) is 0 Å². The molecule has 1 aliphatic carbocycles. The van der Waals surface area contributed by atoms with Gasteiger partial charge in [-0.05, 0) is 78.5 Å². The quantitative estimate of drug-likeness (QED) is 0.312. The van der Waals surface area contributed by atoms with Crippen molar-refractivity contribution >= 4 is 23.8 Å². The van der Waals surface area contributed by atoms with E-state index in [1.165, 1.54) is 7.11 Å². The molecular weight excluding hydrogens is 476 g/mol. The molecule has 3 rings (SSSR count). The number of para-hydroxylation sites is 1. The number of pyridine rings is 1. The van der Waals surface area contributed by atoms with Crippen LogP contribution in [0.15, 0.2) is 36.4 Å². The molecule has 2 amide bonds. The zero-order chi connectivity index (χ0) is 27.4. The van der Waals surface area contributed by atoms with E-state index in [2.05, 4.69) is 4.98 Å². The Morgan fingerprint density at radius 3 is 1.92 bits per heavy atom. The Hall–Kier alpha value is -3.62. The van der Waals surface area contributed by atoms with Crippen LogP contribution >= 0.6 is 0 Å². The highest BCUT2D eigenvalue weighted by molar-refractivity contribution is 6.13. The number of anilines is 1. The van der Waals surface area contributed by atoms with Gasteiger partial charge in [-0.2, -0.15) is 4.90 Å². The van der Waals surface area contributed by atoms with E-state index in [0.717, 1.165) is 25.7 Å². The number of ether oxygens (including phenoxy) is 4. The number of hydrogen-bond donors (Lipinski definition) is 0. The van der Waals surface area contributed by atoms with Crippen LogP contribution in [-0.2, 0) is 14.2 Å². The first-order valence-corrected chi connectivity index (χ1v) is 12.4. The molecule has 0 saturated heterocycles. The molecule has 0 spiro atoms. The fourth-order valence-electron chi connectivity index (χ4n) is 4.02. The molecule has 200 valence electrons. The highest BCUT2D eigenvalue weighted by Gasteiger charge is 2.38. The summed E-state index contributed by atoms with van der Waals surface area (Å²) in [7, 11) is 1.20. The second kappa shape index (κ2) is 11.2. The minimum Gasteiger partial charge on any atom is -0.464 e.